The lowest BCUT2D eigenvalue weighted by atomic mass is 9.80. The molecule has 1 aromatic heterocycles. The van der Waals surface area contributed by atoms with E-state index >= 15 is 0 Å². The molecular formula is C50H35N. The van der Waals surface area contributed by atoms with Crippen LogP contribution in [0.1, 0.15) is 25.0 Å². The van der Waals surface area contributed by atoms with Crippen molar-refractivity contribution in [2.24, 2.45) is 0 Å². The van der Waals surface area contributed by atoms with Gasteiger partial charge in [-0.1, -0.05) is 159 Å². The molecule has 0 atom stereocenters. The van der Waals surface area contributed by atoms with Crippen LogP contribution < -0.4 is 0 Å². The summed E-state index contributed by atoms with van der Waals surface area (Å²) in [6.07, 6.45) is 1.92. The van der Waals surface area contributed by atoms with Crippen molar-refractivity contribution in [2.45, 2.75) is 19.3 Å². The Labute approximate surface area is 298 Å². The Hall–Kier alpha value is -6.31. The van der Waals surface area contributed by atoms with E-state index in [1.54, 1.807) is 0 Å². The van der Waals surface area contributed by atoms with E-state index < -0.39 is 0 Å². The number of hydrogen-bond acceptors (Lipinski definition) is 1. The Morgan fingerprint density at radius 3 is 1.57 bits per heavy atom. The molecule has 1 nitrogen and oxygen atoms in total. The number of nitrogens with zero attached hydrogens (tertiary/aromatic N) is 1. The van der Waals surface area contributed by atoms with Gasteiger partial charge in [0.15, 0.2) is 0 Å². The van der Waals surface area contributed by atoms with Gasteiger partial charge in [0.2, 0.25) is 0 Å². The molecule has 0 spiro atoms. The third-order valence-corrected chi connectivity index (χ3v) is 11.1. The van der Waals surface area contributed by atoms with Gasteiger partial charge in [-0.2, -0.15) is 0 Å². The third kappa shape index (κ3) is 4.59. The topological polar surface area (TPSA) is 12.9 Å². The van der Waals surface area contributed by atoms with E-state index in [1.807, 2.05) is 12.3 Å². The molecule has 51 heavy (non-hydrogen) atoms. The van der Waals surface area contributed by atoms with Crippen molar-refractivity contribution in [1.29, 1.82) is 0 Å². The summed E-state index contributed by atoms with van der Waals surface area (Å²) >= 11 is 0. The minimum atomic E-state index is -0.123. The minimum absolute atomic E-state index is 0.123. The van der Waals surface area contributed by atoms with E-state index in [1.165, 1.54) is 88.3 Å². The number of fused-ring (bicyclic) bond motifs is 7. The van der Waals surface area contributed by atoms with Gasteiger partial charge in [-0.3, -0.25) is 4.98 Å². The smallest absolute Gasteiger partial charge is 0.0786 e. The second-order valence-corrected chi connectivity index (χ2v) is 14.3. The average molecular weight is 650 g/mol. The summed E-state index contributed by atoms with van der Waals surface area (Å²) in [6, 6.07) is 62.3. The predicted octanol–water partition coefficient (Wildman–Crippen LogP) is 13.5. The van der Waals surface area contributed by atoms with Crippen molar-refractivity contribution in [3.8, 4) is 55.6 Å². The molecule has 0 unspecified atom stereocenters. The van der Waals surface area contributed by atoms with E-state index in [4.69, 9.17) is 4.98 Å². The van der Waals surface area contributed by atoms with Crippen LogP contribution >= 0.6 is 0 Å². The zero-order valence-corrected chi connectivity index (χ0v) is 28.7. The number of hydrogen-bond donors (Lipinski definition) is 0. The summed E-state index contributed by atoms with van der Waals surface area (Å²) in [5.74, 6) is 0. The van der Waals surface area contributed by atoms with Crippen LogP contribution in [-0.4, -0.2) is 4.98 Å². The lowest BCUT2D eigenvalue weighted by Crippen LogP contribution is -2.15. The molecule has 0 N–H and O–H groups in total. The molecule has 0 saturated carbocycles. The van der Waals surface area contributed by atoms with Crippen LogP contribution in [0.4, 0.5) is 0 Å². The molecule has 0 aliphatic heterocycles. The van der Waals surface area contributed by atoms with Crippen LogP contribution in [0.5, 0.6) is 0 Å². The first-order chi connectivity index (χ1) is 25.1. The van der Waals surface area contributed by atoms with Crippen LogP contribution in [0.3, 0.4) is 0 Å². The summed E-state index contributed by atoms with van der Waals surface area (Å²) < 4.78 is 0. The van der Waals surface area contributed by atoms with Gasteiger partial charge in [0.25, 0.3) is 0 Å². The van der Waals surface area contributed by atoms with Crippen LogP contribution in [0.2, 0.25) is 0 Å². The highest BCUT2D eigenvalue weighted by atomic mass is 14.6. The molecular weight excluding hydrogens is 615 g/mol. The summed E-state index contributed by atoms with van der Waals surface area (Å²) in [6.45, 7) is 4.75. The van der Waals surface area contributed by atoms with E-state index in [0.29, 0.717) is 0 Å². The predicted molar refractivity (Wildman–Crippen MR) is 216 cm³/mol. The summed E-state index contributed by atoms with van der Waals surface area (Å²) in [7, 11) is 0. The minimum Gasteiger partial charge on any atom is -0.256 e. The monoisotopic (exact) mass is 649 g/mol. The largest absolute Gasteiger partial charge is 0.256 e. The number of pyridine rings is 1. The summed E-state index contributed by atoms with van der Waals surface area (Å²) in [5, 5.41) is 6.04. The van der Waals surface area contributed by atoms with E-state index in [0.717, 1.165) is 10.9 Å². The van der Waals surface area contributed by atoms with E-state index in [2.05, 4.69) is 178 Å². The van der Waals surface area contributed by atoms with E-state index in [9.17, 15) is 0 Å². The molecule has 0 saturated heterocycles. The molecule has 1 heterocycles. The molecule has 0 amide bonds. The summed E-state index contributed by atoms with van der Waals surface area (Å²) in [4.78, 5) is 4.99. The second kappa shape index (κ2) is 11.4. The van der Waals surface area contributed by atoms with Gasteiger partial charge in [-0.25, -0.2) is 0 Å². The molecule has 240 valence electrons. The van der Waals surface area contributed by atoms with Crippen LogP contribution in [0.15, 0.2) is 176 Å². The lowest BCUT2D eigenvalue weighted by molar-refractivity contribution is 0.661. The van der Waals surface area contributed by atoms with Gasteiger partial charge >= 0.3 is 0 Å². The third-order valence-electron chi connectivity index (χ3n) is 11.1. The quantitative estimate of drug-likeness (QED) is 0.137. The highest BCUT2D eigenvalue weighted by Crippen LogP contribution is 2.51. The molecule has 0 bridgehead atoms. The standard InChI is InChI=1S/C50H35N/c1-50(2)44-30-37(32-13-6-3-7-14-32)21-24-39(44)40-25-22-38(31-45(40)50)36-23-26-41-43(29-36)46(33-15-8-4-9-16-33)42-27-20-35-19-12-28-51-49(35)48(42)47(41)34-17-10-5-11-18-34/h3-31H,1-2H3. The van der Waals surface area contributed by atoms with Gasteiger partial charge in [-0.05, 0) is 107 Å². The zero-order chi connectivity index (χ0) is 34.1. The Morgan fingerprint density at radius 2 is 0.922 bits per heavy atom. The van der Waals surface area contributed by atoms with Crippen molar-refractivity contribution in [3.05, 3.63) is 187 Å². The second-order valence-electron chi connectivity index (χ2n) is 14.3. The SMILES string of the molecule is CC1(C)c2cc(-c3ccccc3)ccc2-c2ccc(-c3ccc4c(-c5ccccc5)c5c(ccc6cccnc65)c(-c5ccccc5)c4c3)cc21. The average Bonchev–Trinajstić information content (AvgIpc) is 3.42. The number of rotatable bonds is 4. The van der Waals surface area contributed by atoms with Crippen molar-refractivity contribution in [1.82, 2.24) is 4.98 Å². The Morgan fingerprint density at radius 1 is 0.392 bits per heavy atom. The molecule has 1 heteroatoms. The fourth-order valence-corrected chi connectivity index (χ4v) is 8.58. The van der Waals surface area contributed by atoms with Gasteiger partial charge in [-0.15, -0.1) is 0 Å². The van der Waals surface area contributed by atoms with Crippen LogP contribution in [0, 0.1) is 0 Å². The van der Waals surface area contributed by atoms with Crippen molar-refractivity contribution in [2.75, 3.05) is 0 Å². The highest BCUT2D eigenvalue weighted by molar-refractivity contribution is 6.27. The van der Waals surface area contributed by atoms with Gasteiger partial charge in [0.1, 0.15) is 0 Å². The summed E-state index contributed by atoms with van der Waals surface area (Å²) in [5.41, 5.74) is 16.2. The molecule has 10 rings (SSSR count). The maximum atomic E-state index is 4.99. The Balaban J connectivity index is 1.21. The molecule has 9 aromatic rings. The van der Waals surface area contributed by atoms with Crippen molar-refractivity contribution >= 4 is 32.4 Å². The highest BCUT2D eigenvalue weighted by Gasteiger charge is 2.36. The normalized spacial score (nSPS) is 13.1. The molecule has 0 radical (unpaired) electrons. The van der Waals surface area contributed by atoms with Gasteiger partial charge in [0, 0.05) is 22.4 Å². The molecule has 1 aliphatic carbocycles. The van der Waals surface area contributed by atoms with E-state index in [-0.39, 0.29) is 5.41 Å². The first kappa shape index (κ1) is 29.6. The number of aromatic nitrogens is 1. The van der Waals surface area contributed by atoms with Gasteiger partial charge < -0.3 is 0 Å². The van der Waals surface area contributed by atoms with Crippen LogP contribution in [0.25, 0.3) is 88.1 Å². The maximum absolute atomic E-state index is 4.99. The van der Waals surface area contributed by atoms with Gasteiger partial charge in [0.05, 0.1) is 5.52 Å². The Kier molecular flexibility index (Phi) is 6.60. The molecule has 1 aliphatic rings. The fourth-order valence-electron chi connectivity index (χ4n) is 8.58. The molecule has 8 aromatic carbocycles. The first-order valence-electron chi connectivity index (χ1n) is 17.8. The zero-order valence-electron chi connectivity index (χ0n) is 28.7. The van der Waals surface area contributed by atoms with Crippen LogP contribution in [-0.2, 0) is 5.41 Å². The van der Waals surface area contributed by atoms with Crippen molar-refractivity contribution < 1.29 is 0 Å². The fraction of sp³-hybridized carbons (Fsp3) is 0.0600. The van der Waals surface area contributed by atoms with Crippen molar-refractivity contribution in [3.63, 3.8) is 0 Å². The maximum Gasteiger partial charge on any atom is 0.0786 e. The lowest BCUT2D eigenvalue weighted by Gasteiger charge is -2.23. The first-order valence-corrected chi connectivity index (χ1v) is 17.8. The Bertz CT molecular complexity index is 2800. The number of benzene rings is 8. The molecule has 0 fully saturated rings.